The third-order valence-corrected chi connectivity index (χ3v) is 4.94. The monoisotopic (exact) mass is 290 g/mol. The predicted molar refractivity (Wildman–Crippen MR) is 87.7 cm³/mol. The van der Waals surface area contributed by atoms with E-state index in [1.807, 2.05) is 6.20 Å². The number of hydrogen-bond donors (Lipinski definition) is 2. The van der Waals surface area contributed by atoms with Crippen molar-refractivity contribution in [3.63, 3.8) is 0 Å². The first kappa shape index (κ1) is 12.2. The van der Waals surface area contributed by atoms with E-state index in [0.29, 0.717) is 5.95 Å². The average molecular weight is 290 g/mol. The van der Waals surface area contributed by atoms with Gasteiger partial charge in [-0.05, 0) is 61.3 Å². The van der Waals surface area contributed by atoms with Crippen LogP contribution in [0, 0.1) is 0 Å². The topological polar surface area (TPSA) is 67.6 Å². The van der Waals surface area contributed by atoms with E-state index in [1.54, 1.807) is 0 Å². The Kier molecular flexibility index (Phi) is 2.40. The first-order valence-electron chi connectivity index (χ1n) is 8.06. The van der Waals surface area contributed by atoms with Gasteiger partial charge in [0.2, 0.25) is 5.95 Å². The van der Waals surface area contributed by atoms with Crippen molar-refractivity contribution in [1.82, 2.24) is 15.0 Å². The first-order chi connectivity index (χ1) is 10.8. The second kappa shape index (κ2) is 4.32. The minimum absolute atomic E-state index is 0.360. The number of nitrogen functional groups attached to an aromatic ring is 1. The van der Waals surface area contributed by atoms with Gasteiger partial charge in [0.1, 0.15) is 0 Å². The molecular formula is C18H18N4. The summed E-state index contributed by atoms with van der Waals surface area (Å²) in [7, 11) is 0. The van der Waals surface area contributed by atoms with Crippen molar-refractivity contribution in [2.45, 2.75) is 38.0 Å². The zero-order valence-electron chi connectivity index (χ0n) is 12.4. The van der Waals surface area contributed by atoms with Crippen LogP contribution in [-0.4, -0.2) is 15.0 Å². The Morgan fingerprint density at radius 2 is 2.09 bits per heavy atom. The van der Waals surface area contributed by atoms with Crippen LogP contribution in [0.25, 0.3) is 22.2 Å². The summed E-state index contributed by atoms with van der Waals surface area (Å²) in [6.45, 7) is 0. The van der Waals surface area contributed by atoms with Crippen molar-refractivity contribution in [3.8, 4) is 11.3 Å². The smallest absolute Gasteiger partial charge is 0.220 e. The first-order valence-corrected chi connectivity index (χ1v) is 8.06. The number of aryl methyl sites for hydroxylation is 2. The van der Waals surface area contributed by atoms with E-state index in [4.69, 9.17) is 5.73 Å². The summed E-state index contributed by atoms with van der Waals surface area (Å²) in [5.41, 5.74) is 13.3. The molecule has 0 atom stereocenters. The van der Waals surface area contributed by atoms with Crippen molar-refractivity contribution in [3.05, 3.63) is 41.2 Å². The average Bonchev–Trinajstić information content (AvgIpc) is 3.32. The third kappa shape index (κ3) is 1.76. The quantitative estimate of drug-likeness (QED) is 0.720. The maximum absolute atomic E-state index is 5.86. The Balaban J connectivity index is 1.83. The molecule has 0 radical (unpaired) electrons. The molecule has 0 unspecified atom stereocenters. The second-order valence-corrected chi connectivity index (χ2v) is 6.51. The van der Waals surface area contributed by atoms with E-state index in [9.17, 15) is 0 Å². The summed E-state index contributed by atoms with van der Waals surface area (Å²) in [5, 5.41) is 1.29. The second-order valence-electron chi connectivity index (χ2n) is 6.51. The van der Waals surface area contributed by atoms with Gasteiger partial charge in [-0.1, -0.05) is 6.07 Å². The normalized spacial score (nSPS) is 17.1. The number of H-pyrrole nitrogens is 1. The number of nitrogens with one attached hydrogen (secondary N) is 1. The van der Waals surface area contributed by atoms with Crippen LogP contribution in [0.2, 0.25) is 0 Å². The molecule has 1 fully saturated rings. The van der Waals surface area contributed by atoms with Crippen molar-refractivity contribution in [2.24, 2.45) is 0 Å². The molecule has 5 rings (SSSR count). The summed E-state index contributed by atoms with van der Waals surface area (Å²) in [6, 6.07) is 6.85. The van der Waals surface area contributed by atoms with Crippen LogP contribution in [0.15, 0.2) is 24.4 Å². The van der Waals surface area contributed by atoms with E-state index in [-0.39, 0.29) is 0 Å². The van der Waals surface area contributed by atoms with Gasteiger partial charge < -0.3 is 10.7 Å². The van der Waals surface area contributed by atoms with E-state index >= 15 is 0 Å². The van der Waals surface area contributed by atoms with Crippen molar-refractivity contribution in [2.75, 3.05) is 5.73 Å². The Bertz CT molecular complexity index is 889. The van der Waals surface area contributed by atoms with E-state index in [2.05, 4.69) is 33.2 Å². The van der Waals surface area contributed by atoms with Gasteiger partial charge in [-0.25, -0.2) is 9.97 Å². The molecule has 2 aliphatic carbocycles. The molecule has 2 aromatic heterocycles. The van der Waals surface area contributed by atoms with Crippen molar-refractivity contribution in [1.29, 1.82) is 0 Å². The summed E-state index contributed by atoms with van der Waals surface area (Å²) >= 11 is 0. The van der Waals surface area contributed by atoms with Gasteiger partial charge in [-0.2, -0.15) is 0 Å². The summed E-state index contributed by atoms with van der Waals surface area (Å²) < 4.78 is 0. The van der Waals surface area contributed by atoms with Gasteiger partial charge in [0.25, 0.3) is 0 Å². The molecule has 2 aliphatic rings. The third-order valence-electron chi connectivity index (χ3n) is 4.94. The van der Waals surface area contributed by atoms with E-state index < -0.39 is 0 Å². The summed E-state index contributed by atoms with van der Waals surface area (Å²) in [4.78, 5) is 12.4. The van der Waals surface area contributed by atoms with Crippen LogP contribution >= 0.6 is 0 Å². The molecule has 0 aliphatic heterocycles. The van der Waals surface area contributed by atoms with Gasteiger partial charge in [-0.3, -0.25) is 0 Å². The highest BCUT2D eigenvalue weighted by atomic mass is 15.0. The van der Waals surface area contributed by atoms with Gasteiger partial charge >= 0.3 is 0 Å². The number of fused-ring (bicyclic) bond motifs is 5. The lowest BCUT2D eigenvalue weighted by molar-refractivity contribution is 0.815. The van der Waals surface area contributed by atoms with Crippen LogP contribution in [0.1, 0.15) is 42.0 Å². The lowest BCUT2D eigenvalue weighted by Crippen LogP contribution is -1.99. The maximum Gasteiger partial charge on any atom is 0.220 e. The molecule has 2 heterocycles. The van der Waals surface area contributed by atoms with Crippen LogP contribution in [0.4, 0.5) is 5.95 Å². The molecule has 3 N–H and O–H groups in total. The Morgan fingerprint density at radius 3 is 2.95 bits per heavy atom. The lowest BCUT2D eigenvalue weighted by Gasteiger charge is -2.07. The molecule has 0 saturated heterocycles. The molecule has 1 aromatic carbocycles. The Hall–Kier alpha value is -2.36. The van der Waals surface area contributed by atoms with Crippen LogP contribution < -0.4 is 5.73 Å². The number of benzene rings is 1. The molecule has 4 nitrogen and oxygen atoms in total. The molecular weight excluding hydrogens is 272 g/mol. The zero-order valence-corrected chi connectivity index (χ0v) is 12.4. The largest absolute Gasteiger partial charge is 0.368 e. The van der Waals surface area contributed by atoms with Crippen LogP contribution in [0.5, 0.6) is 0 Å². The minimum atomic E-state index is 0.360. The van der Waals surface area contributed by atoms with Crippen molar-refractivity contribution >= 4 is 16.9 Å². The highest BCUT2D eigenvalue weighted by Crippen LogP contribution is 2.43. The number of aromatic amines is 1. The molecule has 110 valence electrons. The van der Waals surface area contributed by atoms with Gasteiger partial charge in [0, 0.05) is 28.4 Å². The number of anilines is 1. The number of rotatable bonds is 1. The summed E-state index contributed by atoms with van der Waals surface area (Å²) in [5.74, 6) is 1.12. The Morgan fingerprint density at radius 1 is 1.18 bits per heavy atom. The van der Waals surface area contributed by atoms with Crippen molar-refractivity contribution < 1.29 is 0 Å². The van der Waals surface area contributed by atoms with E-state index in [1.165, 1.54) is 46.1 Å². The standard InChI is InChI=1S/C18H18N4/c19-18-20-9-12-2-1-3-15-16(17(12)22-18)13-8-11(10-4-5-10)6-7-14(13)21-15/h6-10,21H,1-5H2,(H2,19,20,22). The molecule has 0 bridgehead atoms. The molecule has 0 spiro atoms. The predicted octanol–water partition coefficient (Wildman–Crippen LogP) is 3.57. The van der Waals surface area contributed by atoms with Crippen LogP contribution in [-0.2, 0) is 12.8 Å². The van der Waals surface area contributed by atoms with Gasteiger partial charge in [0.05, 0.1) is 5.69 Å². The SMILES string of the molecule is Nc1ncc2c(n1)-c1c([nH]c3ccc(C4CC4)cc13)CCC2. The van der Waals surface area contributed by atoms with Crippen LogP contribution in [0.3, 0.4) is 0 Å². The highest BCUT2D eigenvalue weighted by molar-refractivity contribution is 5.98. The summed E-state index contributed by atoms with van der Waals surface area (Å²) in [6.07, 6.45) is 7.74. The zero-order chi connectivity index (χ0) is 14.7. The fourth-order valence-corrected chi connectivity index (χ4v) is 3.67. The fourth-order valence-electron chi connectivity index (χ4n) is 3.67. The number of aromatic nitrogens is 3. The molecule has 1 saturated carbocycles. The maximum atomic E-state index is 5.86. The number of nitrogens with two attached hydrogens (primary N) is 1. The molecule has 3 aromatic rings. The minimum Gasteiger partial charge on any atom is -0.368 e. The highest BCUT2D eigenvalue weighted by Gasteiger charge is 2.26. The molecule has 4 heteroatoms. The lowest BCUT2D eigenvalue weighted by atomic mass is 10.0. The van der Waals surface area contributed by atoms with E-state index in [0.717, 1.165) is 30.9 Å². The number of nitrogens with zero attached hydrogens (tertiary/aromatic N) is 2. The molecule has 0 amide bonds. The fraction of sp³-hybridized carbons (Fsp3) is 0.333. The number of hydrogen-bond acceptors (Lipinski definition) is 3. The van der Waals surface area contributed by atoms with Gasteiger partial charge in [0.15, 0.2) is 0 Å². The van der Waals surface area contributed by atoms with Gasteiger partial charge in [-0.15, -0.1) is 0 Å². The molecule has 22 heavy (non-hydrogen) atoms. The Labute approximate surface area is 128 Å².